The van der Waals surface area contributed by atoms with E-state index in [1.54, 1.807) is 0 Å². The molecular formula is C13H30ClP. The molecule has 0 rings (SSSR count). The maximum absolute atomic E-state index is 2.40. The molecule has 0 amide bonds. The van der Waals surface area contributed by atoms with Crippen molar-refractivity contribution in [1.29, 1.82) is 0 Å². The van der Waals surface area contributed by atoms with Gasteiger partial charge in [-0.3, -0.25) is 0 Å². The highest BCUT2D eigenvalue weighted by Crippen LogP contribution is 2.61. The third-order valence-corrected chi connectivity index (χ3v) is 6.76. The van der Waals surface area contributed by atoms with Crippen LogP contribution in [0.15, 0.2) is 0 Å². The molecular weight excluding hydrogens is 223 g/mol. The maximum Gasteiger partial charge on any atom is -0.0174 e. The molecule has 0 aromatic heterocycles. The zero-order chi connectivity index (χ0) is 11.8. The van der Waals surface area contributed by atoms with Crippen LogP contribution in [0.3, 0.4) is 0 Å². The molecule has 0 nitrogen and oxygen atoms in total. The molecule has 0 aromatic rings. The highest BCUT2D eigenvalue weighted by atomic mass is 35.5. The lowest BCUT2D eigenvalue weighted by atomic mass is 10.0. The summed E-state index contributed by atoms with van der Waals surface area (Å²) in [4.78, 5) is 0. The Labute approximate surface area is 105 Å². The van der Waals surface area contributed by atoms with Gasteiger partial charge in [-0.25, -0.2) is 0 Å². The van der Waals surface area contributed by atoms with E-state index in [-0.39, 0.29) is 20.3 Å². The van der Waals surface area contributed by atoms with Crippen LogP contribution in [0, 0.1) is 5.41 Å². The molecule has 0 aromatic carbocycles. The van der Waals surface area contributed by atoms with Crippen molar-refractivity contribution in [2.75, 3.05) is 6.16 Å². The van der Waals surface area contributed by atoms with Crippen molar-refractivity contribution in [1.82, 2.24) is 0 Å². The van der Waals surface area contributed by atoms with Gasteiger partial charge in [-0.2, -0.15) is 0 Å². The molecule has 15 heavy (non-hydrogen) atoms. The standard InChI is InChI=1S/C13H29P.ClH/c1-11(2,3)10-14(12(4,5)6)13(7,8)9;/h10H2,1-9H3;1H. The van der Waals surface area contributed by atoms with Gasteiger partial charge in [0.25, 0.3) is 0 Å². The van der Waals surface area contributed by atoms with Crippen LogP contribution in [0.4, 0.5) is 0 Å². The number of rotatable bonds is 1. The van der Waals surface area contributed by atoms with E-state index in [1.165, 1.54) is 6.16 Å². The van der Waals surface area contributed by atoms with E-state index in [2.05, 4.69) is 62.3 Å². The smallest absolute Gasteiger partial charge is 0.0174 e. The lowest BCUT2D eigenvalue weighted by molar-refractivity contribution is 0.468. The lowest BCUT2D eigenvalue weighted by Gasteiger charge is -2.44. The Morgan fingerprint density at radius 1 is 0.667 bits per heavy atom. The molecule has 0 spiro atoms. The predicted molar refractivity (Wildman–Crippen MR) is 78.0 cm³/mol. The van der Waals surface area contributed by atoms with Crippen molar-refractivity contribution in [3.05, 3.63) is 0 Å². The summed E-state index contributed by atoms with van der Waals surface area (Å²) < 4.78 is 0. The maximum atomic E-state index is 2.40. The molecule has 0 unspecified atom stereocenters. The van der Waals surface area contributed by atoms with E-state index in [4.69, 9.17) is 0 Å². The minimum Gasteiger partial charge on any atom is -0.147 e. The van der Waals surface area contributed by atoms with E-state index in [0.29, 0.717) is 15.7 Å². The molecule has 0 atom stereocenters. The van der Waals surface area contributed by atoms with Gasteiger partial charge in [-0.05, 0) is 21.9 Å². The molecule has 0 aliphatic heterocycles. The van der Waals surface area contributed by atoms with Gasteiger partial charge in [0, 0.05) is 0 Å². The van der Waals surface area contributed by atoms with E-state index < -0.39 is 0 Å². The van der Waals surface area contributed by atoms with Crippen LogP contribution >= 0.6 is 20.3 Å². The normalized spacial score (nSPS) is 14.0. The number of hydrogen-bond donors (Lipinski definition) is 0. The third-order valence-electron chi connectivity index (χ3n) is 2.25. The van der Waals surface area contributed by atoms with Gasteiger partial charge in [-0.1, -0.05) is 70.2 Å². The summed E-state index contributed by atoms with van der Waals surface area (Å²) in [5.74, 6) is 0. The first kappa shape index (κ1) is 18.1. The van der Waals surface area contributed by atoms with Crippen LogP contribution in [0.1, 0.15) is 62.3 Å². The minimum atomic E-state index is 0. The Morgan fingerprint density at radius 3 is 1.00 bits per heavy atom. The molecule has 2 heteroatoms. The zero-order valence-corrected chi connectivity index (χ0v) is 13.8. The molecule has 0 saturated heterocycles. The highest BCUT2D eigenvalue weighted by Gasteiger charge is 2.36. The first-order chi connectivity index (χ1) is 5.84. The van der Waals surface area contributed by atoms with Gasteiger partial charge in [0.15, 0.2) is 0 Å². The summed E-state index contributed by atoms with van der Waals surface area (Å²) in [5, 5.41) is 0.946. The second-order valence-electron chi connectivity index (χ2n) is 7.49. The SMILES string of the molecule is CC(C)(C)CP(C(C)(C)C)C(C)(C)C.Cl. The molecule has 0 aliphatic carbocycles. The van der Waals surface area contributed by atoms with Crippen LogP contribution in [-0.2, 0) is 0 Å². The van der Waals surface area contributed by atoms with Crippen LogP contribution in [-0.4, -0.2) is 16.5 Å². The summed E-state index contributed by atoms with van der Waals surface area (Å²) in [5.41, 5.74) is 0.465. The van der Waals surface area contributed by atoms with Crippen LogP contribution in [0.5, 0.6) is 0 Å². The van der Waals surface area contributed by atoms with Gasteiger partial charge < -0.3 is 0 Å². The average Bonchev–Trinajstić information content (AvgIpc) is 1.75. The summed E-state index contributed by atoms with van der Waals surface area (Å²) in [6.45, 7) is 21.5. The Balaban J connectivity index is 0. The summed E-state index contributed by atoms with van der Waals surface area (Å²) in [6, 6.07) is 0. The van der Waals surface area contributed by atoms with Crippen LogP contribution < -0.4 is 0 Å². The molecule has 0 saturated carbocycles. The molecule has 0 N–H and O–H groups in total. The molecule has 0 fully saturated rings. The summed E-state index contributed by atoms with van der Waals surface area (Å²) in [7, 11) is 0.0692. The molecule has 0 heterocycles. The van der Waals surface area contributed by atoms with Gasteiger partial charge in [0.2, 0.25) is 0 Å². The number of halogens is 1. The summed E-state index contributed by atoms with van der Waals surface area (Å²) in [6.07, 6.45) is 1.37. The molecule has 0 bridgehead atoms. The fourth-order valence-corrected chi connectivity index (χ4v) is 5.86. The fourth-order valence-electron chi connectivity index (χ4n) is 1.95. The largest absolute Gasteiger partial charge is 0.147 e. The quantitative estimate of drug-likeness (QED) is 0.538. The fraction of sp³-hybridized carbons (Fsp3) is 1.00. The van der Waals surface area contributed by atoms with E-state index in [9.17, 15) is 0 Å². The van der Waals surface area contributed by atoms with E-state index >= 15 is 0 Å². The van der Waals surface area contributed by atoms with Crippen molar-refractivity contribution < 1.29 is 0 Å². The van der Waals surface area contributed by atoms with Gasteiger partial charge in [-0.15, -0.1) is 12.4 Å². The second kappa shape index (κ2) is 5.37. The van der Waals surface area contributed by atoms with Crippen LogP contribution in [0.2, 0.25) is 0 Å². The topological polar surface area (TPSA) is 0 Å². The van der Waals surface area contributed by atoms with Gasteiger partial charge in [0.1, 0.15) is 0 Å². The Kier molecular flexibility index (Phi) is 6.48. The zero-order valence-electron chi connectivity index (χ0n) is 12.1. The van der Waals surface area contributed by atoms with Crippen molar-refractivity contribution >= 4 is 20.3 Å². The minimum absolute atomic E-state index is 0. The molecule has 94 valence electrons. The molecule has 0 radical (unpaired) electrons. The third kappa shape index (κ3) is 7.58. The van der Waals surface area contributed by atoms with Crippen molar-refractivity contribution in [2.45, 2.75) is 72.6 Å². The van der Waals surface area contributed by atoms with E-state index in [1.807, 2.05) is 0 Å². The monoisotopic (exact) mass is 252 g/mol. The van der Waals surface area contributed by atoms with Crippen molar-refractivity contribution in [3.8, 4) is 0 Å². The Hall–Kier alpha value is 0.720. The van der Waals surface area contributed by atoms with Gasteiger partial charge >= 0.3 is 0 Å². The van der Waals surface area contributed by atoms with Crippen LogP contribution in [0.25, 0.3) is 0 Å². The first-order valence-electron chi connectivity index (χ1n) is 5.62. The highest BCUT2D eigenvalue weighted by molar-refractivity contribution is 7.60. The first-order valence-corrected chi connectivity index (χ1v) is 7.14. The van der Waals surface area contributed by atoms with E-state index in [0.717, 1.165) is 0 Å². The van der Waals surface area contributed by atoms with Crippen molar-refractivity contribution in [2.24, 2.45) is 5.41 Å². The number of hydrogen-bond acceptors (Lipinski definition) is 0. The average molecular weight is 253 g/mol. The molecule has 0 aliphatic rings. The second-order valence-corrected chi connectivity index (χ2v) is 11.3. The van der Waals surface area contributed by atoms with Crippen molar-refractivity contribution in [3.63, 3.8) is 0 Å². The lowest BCUT2D eigenvalue weighted by Crippen LogP contribution is -2.30. The van der Waals surface area contributed by atoms with Gasteiger partial charge in [0.05, 0.1) is 0 Å². The Bertz CT molecular complexity index is 164. The summed E-state index contributed by atoms with van der Waals surface area (Å²) >= 11 is 0. The Morgan fingerprint density at radius 2 is 0.933 bits per heavy atom. The predicted octanol–water partition coefficient (Wildman–Crippen LogP) is 5.53.